The van der Waals surface area contributed by atoms with Crippen LogP contribution in [0, 0.1) is 0 Å². The molecule has 0 saturated carbocycles. The zero-order chi connectivity index (χ0) is 17.4. The van der Waals surface area contributed by atoms with Gasteiger partial charge in [0.05, 0.1) is 19.6 Å². The molecule has 3 N–H and O–H groups in total. The van der Waals surface area contributed by atoms with Gasteiger partial charge in [0.1, 0.15) is 5.75 Å². The summed E-state index contributed by atoms with van der Waals surface area (Å²) in [5.74, 6) is 0.592. The summed E-state index contributed by atoms with van der Waals surface area (Å²) in [5.41, 5.74) is 7.33. The summed E-state index contributed by atoms with van der Waals surface area (Å²) in [5, 5.41) is 3.49. The third-order valence-electron chi connectivity index (χ3n) is 3.49. The lowest BCUT2D eigenvalue weighted by Gasteiger charge is -2.17. The van der Waals surface area contributed by atoms with Crippen LogP contribution >= 0.6 is 12.2 Å². The average molecular weight is 343 g/mol. The van der Waals surface area contributed by atoms with Gasteiger partial charge in [0.25, 0.3) is 0 Å². The van der Waals surface area contributed by atoms with Crippen LogP contribution in [0.2, 0.25) is 0 Å². The minimum Gasteiger partial charge on any atom is -0.497 e. The molecule has 5 nitrogen and oxygen atoms in total. The van der Waals surface area contributed by atoms with E-state index in [-0.39, 0.29) is 18.4 Å². The smallest absolute Gasteiger partial charge is 0.242 e. The maximum absolute atomic E-state index is 11.9. The fourth-order valence-corrected chi connectivity index (χ4v) is 2.39. The Morgan fingerprint density at radius 2 is 1.75 bits per heavy atom. The molecule has 0 radical (unpaired) electrons. The number of thiocarbonyl (C=S) groups is 1. The minimum absolute atomic E-state index is 0.0460. The molecular weight excluding hydrogens is 322 g/mol. The van der Waals surface area contributed by atoms with Gasteiger partial charge in [-0.3, -0.25) is 15.6 Å². The third kappa shape index (κ3) is 5.55. The first kappa shape index (κ1) is 17.7. The topological polar surface area (TPSA) is 62.4 Å². The van der Waals surface area contributed by atoms with Crippen molar-refractivity contribution >= 4 is 23.2 Å². The quantitative estimate of drug-likeness (QED) is 0.575. The second-order valence-corrected chi connectivity index (χ2v) is 5.71. The van der Waals surface area contributed by atoms with Crippen molar-refractivity contribution in [3.8, 4) is 5.75 Å². The van der Waals surface area contributed by atoms with Crippen molar-refractivity contribution in [2.24, 2.45) is 0 Å². The predicted molar refractivity (Wildman–Crippen MR) is 98.6 cm³/mol. The number of ether oxygens (including phenoxy) is 1. The van der Waals surface area contributed by atoms with Gasteiger partial charge in [0.15, 0.2) is 5.11 Å². The van der Waals surface area contributed by atoms with Gasteiger partial charge in [-0.05, 0) is 42.4 Å². The van der Waals surface area contributed by atoms with E-state index < -0.39 is 0 Å². The Hall–Kier alpha value is -2.60. The van der Waals surface area contributed by atoms with Crippen LogP contribution in [0.25, 0.3) is 0 Å². The van der Waals surface area contributed by atoms with Crippen molar-refractivity contribution in [2.45, 2.75) is 19.4 Å². The SMILES string of the molecule is COc1ccc(CC(=O)NNC(=S)N[C@@H](C)c2ccccc2)cc1. The maximum atomic E-state index is 11.9. The summed E-state index contributed by atoms with van der Waals surface area (Å²) < 4.78 is 5.09. The summed E-state index contributed by atoms with van der Waals surface area (Å²) in [6.07, 6.45) is 0.258. The van der Waals surface area contributed by atoms with Gasteiger partial charge in [-0.1, -0.05) is 42.5 Å². The Morgan fingerprint density at radius 1 is 1.08 bits per heavy atom. The van der Waals surface area contributed by atoms with Gasteiger partial charge in [-0.25, -0.2) is 0 Å². The molecule has 6 heteroatoms. The Balaban J connectivity index is 1.75. The lowest BCUT2D eigenvalue weighted by atomic mass is 10.1. The number of hydrogen-bond acceptors (Lipinski definition) is 3. The monoisotopic (exact) mass is 343 g/mol. The van der Waals surface area contributed by atoms with Crippen molar-refractivity contribution in [2.75, 3.05) is 7.11 Å². The van der Waals surface area contributed by atoms with Crippen LogP contribution in [0.5, 0.6) is 5.75 Å². The van der Waals surface area contributed by atoms with Crippen LogP contribution in [0.3, 0.4) is 0 Å². The molecule has 0 aliphatic carbocycles. The molecule has 0 fully saturated rings. The van der Waals surface area contributed by atoms with E-state index in [9.17, 15) is 4.79 Å². The molecule has 0 spiro atoms. The lowest BCUT2D eigenvalue weighted by Crippen LogP contribution is -2.47. The molecule has 0 bridgehead atoms. The Labute approximate surface area is 147 Å². The predicted octanol–water partition coefficient (Wildman–Crippen LogP) is 2.49. The fraction of sp³-hybridized carbons (Fsp3) is 0.222. The molecule has 0 aliphatic heterocycles. The van der Waals surface area contributed by atoms with Crippen molar-refractivity contribution in [3.63, 3.8) is 0 Å². The van der Waals surface area contributed by atoms with E-state index in [2.05, 4.69) is 16.2 Å². The highest BCUT2D eigenvalue weighted by atomic mass is 32.1. The van der Waals surface area contributed by atoms with E-state index in [1.54, 1.807) is 7.11 Å². The number of nitrogens with one attached hydrogen (secondary N) is 3. The standard InChI is InChI=1S/C18H21N3O2S/c1-13(15-6-4-3-5-7-15)19-18(24)21-20-17(22)12-14-8-10-16(23-2)11-9-14/h3-11,13H,12H2,1-2H3,(H,20,22)(H2,19,21,24)/t13-/m0/s1. The van der Waals surface area contributed by atoms with Gasteiger partial charge >= 0.3 is 0 Å². The molecule has 0 aromatic heterocycles. The average Bonchev–Trinajstić information content (AvgIpc) is 2.61. The molecule has 0 saturated heterocycles. The van der Waals surface area contributed by atoms with E-state index in [0.717, 1.165) is 16.9 Å². The molecule has 2 rings (SSSR count). The Bertz CT molecular complexity index is 674. The first-order valence-corrected chi connectivity index (χ1v) is 8.02. The van der Waals surface area contributed by atoms with Crippen molar-refractivity contribution < 1.29 is 9.53 Å². The summed E-state index contributed by atoms with van der Waals surface area (Å²) in [6, 6.07) is 17.3. The highest BCUT2D eigenvalue weighted by Gasteiger charge is 2.08. The third-order valence-corrected chi connectivity index (χ3v) is 3.71. The van der Waals surface area contributed by atoms with Gasteiger partial charge in [-0.2, -0.15) is 0 Å². The number of methoxy groups -OCH3 is 1. The fourth-order valence-electron chi connectivity index (χ4n) is 2.16. The number of rotatable bonds is 5. The molecule has 2 aromatic carbocycles. The first-order chi connectivity index (χ1) is 11.6. The van der Waals surface area contributed by atoms with Crippen molar-refractivity contribution in [1.82, 2.24) is 16.2 Å². The van der Waals surface area contributed by atoms with Crippen LogP contribution in [0.1, 0.15) is 24.1 Å². The summed E-state index contributed by atoms with van der Waals surface area (Å²) in [4.78, 5) is 11.9. The summed E-state index contributed by atoms with van der Waals surface area (Å²) in [7, 11) is 1.61. The molecular formula is C18H21N3O2S. The van der Waals surface area contributed by atoms with Gasteiger partial charge in [-0.15, -0.1) is 0 Å². The van der Waals surface area contributed by atoms with E-state index in [1.165, 1.54) is 0 Å². The normalized spacial score (nSPS) is 11.2. The second kappa shape index (κ2) is 8.88. The molecule has 2 aromatic rings. The first-order valence-electron chi connectivity index (χ1n) is 7.61. The van der Waals surface area contributed by atoms with E-state index in [4.69, 9.17) is 17.0 Å². The van der Waals surface area contributed by atoms with Gasteiger partial charge < -0.3 is 10.1 Å². The van der Waals surface area contributed by atoms with Gasteiger partial charge in [0, 0.05) is 0 Å². The molecule has 0 unspecified atom stereocenters. The zero-order valence-electron chi connectivity index (χ0n) is 13.7. The van der Waals surface area contributed by atoms with Crippen LogP contribution in [0.15, 0.2) is 54.6 Å². The Kier molecular flexibility index (Phi) is 6.57. The van der Waals surface area contributed by atoms with Gasteiger partial charge in [0.2, 0.25) is 5.91 Å². The molecule has 24 heavy (non-hydrogen) atoms. The molecule has 0 heterocycles. The molecule has 1 atom stereocenters. The summed E-state index contributed by atoms with van der Waals surface area (Å²) >= 11 is 5.19. The highest BCUT2D eigenvalue weighted by Crippen LogP contribution is 2.12. The largest absolute Gasteiger partial charge is 0.497 e. The number of carbonyl (C=O) groups is 1. The number of hydrazine groups is 1. The second-order valence-electron chi connectivity index (χ2n) is 5.30. The molecule has 1 amide bonds. The number of hydrogen-bond donors (Lipinski definition) is 3. The number of amides is 1. The Morgan fingerprint density at radius 3 is 2.38 bits per heavy atom. The molecule has 0 aliphatic rings. The lowest BCUT2D eigenvalue weighted by molar-refractivity contribution is -0.121. The molecule has 126 valence electrons. The highest BCUT2D eigenvalue weighted by molar-refractivity contribution is 7.80. The van der Waals surface area contributed by atoms with Crippen molar-refractivity contribution in [3.05, 3.63) is 65.7 Å². The zero-order valence-corrected chi connectivity index (χ0v) is 14.5. The maximum Gasteiger partial charge on any atom is 0.242 e. The minimum atomic E-state index is -0.170. The van der Waals surface area contributed by atoms with Crippen LogP contribution in [-0.4, -0.2) is 18.1 Å². The van der Waals surface area contributed by atoms with E-state index >= 15 is 0 Å². The van der Waals surface area contributed by atoms with Crippen LogP contribution in [-0.2, 0) is 11.2 Å². The van der Waals surface area contributed by atoms with E-state index in [1.807, 2.05) is 61.5 Å². The van der Waals surface area contributed by atoms with Crippen LogP contribution in [0.4, 0.5) is 0 Å². The summed E-state index contributed by atoms with van der Waals surface area (Å²) in [6.45, 7) is 2.00. The van der Waals surface area contributed by atoms with Crippen LogP contribution < -0.4 is 20.9 Å². The number of benzene rings is 2. The number of carbonyl (C=O) groups excluding carboxylic acids is 1. The van der Waals surface area contributed by atoms with E-state index in [0.29, 0.717) is 5.11 Å². The van der Waals surface area contributed by atoms with Crippen molar-refractivity contribution in [1.29, 1.82) is 0 Å².